The first-order chi connectivity index (χ1) is 15.3. The molecule has 4 rings (SSSR count). The first-order valence-corrected chi connectivity index (χ1v) is 12.5. The number of rotatable bonds is 7. The summed E-state index contributed by atoms with van der Waals surface area (Å²) < 4.78 is 31.4. The van der Waals surface area contributed by atoms with E-state index in [1.807, 2.05) is 48.5 Å². The molecule has 0 aliphatic rings. The van der Waals surface area contributed by atoms with Crippen LogP contribution in [0.2, 0.25) is 0 Å². The molecule has 0 radical (unpaired) electrons. The molecular formula is C24H22N2O4S2. The highest BCUT2D eigenvalue weighted by Crippen LogP contribution is 2.30. The van der Waals surface area contributed by atoms with E-state index >= 15 is 0 Å². The van der Waals surface area contributed by atoms with Crippen LogP contribution in [0.4, 0.5) is 11.4 Å². The second kappa shape index (κ2) is 9.02. The number of carbonyl (C=O) groups is 1. The van der Waals surface area contributed by atoms with Crippen LogP contribution in [0.25, 0.3) is 10.1 Å². The predicted molar refractivity (Wildman–Crippen MR) is 130 cm³/mol. The van der Waals surface area contributed by atoms with E-state index in [1.165, 1.54) is 22.7 Å². The average Bonchev–Trinajstić information content (AvgIpc) is 3.22. The van der Waals surface area contributed by atoms with Crippen molar-refractivity contribution in [2.45, 2.75) is 6.61 Å². The molecule has 1 amide bonds. The van der Waals surface area contributed by atoms with Crippen LogP contribution in [-0.2, 0) is 16.6 Å². The second-order valence-corrected chi connectivity index (χ2v) is 10.4. The summed E-state index contributed by atoms with van der Waals surface area (Å²) in [5.74, 6) is 0.499. The minimum atomic E-state index is -3.35. The molecule has 0 saturated heterocycles. The molecule has 3 aromatic carbocycles. The molecule has 0 bridgehead atoms. The van der Waals surface area contributed by atoms with Gasteiger partial charge in [0.25, 0.3) is 5.91 Å². The van der Waals surface area contributed by atoms with Gasteiger partial charge < -0.3 is 10.1 Å². The van der Waals surface area contributed by atoms with Gasteiger partial charge in [0.1, 0.15) is 12.4 Å². The van der Waals surface area contributed by atoms with Crippen molar-refractivity contribution in [1.82, 2.24) is 0 Å². The standard InChI is InChI=1S/C24H22N2O4S2/c1-26(32(2,28)29)20-10-13-22-18(14-20)15-23(31-22)24(27)25-19-8-11-21(12-9-19)30-16-17-6-4-3-5-7-17/h3-15H,16H2,1-2H3,(H,25,27). The summed E-state index contributed by atoms with van der Waals surface area (Å²) >= 11 is 1.36. The molecule has 1 aromatic heterocycles. The summed E-state index contributed by atoms with van der Waals surface area (Å²) in [6.45, 7) is 0.477. The van der Waals surface area contributed by atoms with E-state index < -0.39 is 10.0 Å². The Morgan fingerprint density at radius 2 is 1.72 bits per heavy atom. The number of amides is 1. The molecule has 1 heterocycles. The third-order valence-electron chi connectivity index (χ3n) is 4.95. The summed E-state index contributed by atoms with van der Waals surface area (Å²) in [4.78, 5) is 13.3. The van der Waals surface area contributed by atoms with Crippen LogP contribution in [0.3, 0.4) is 0 Å². The van der Waals surface area contributed by atoms with Crippen molar-refractivity contribution in [1.29, 1.82) is 0 Å². The highest BCUT2D eigenvalue weighted by atomic mass is 32.2. The Morgan fingerprint density at radius 1 is 1.00 bits per heavy atom. The lowest BCUT2D eigenvalue weighted by atomic mass is 10.2. The second-order valence-electron chi connectivity index (χ2n) is 7.32. The number of nitrogens with one attached hydrogen (secondary N) is 1. The number of fused-ring (bicyclic) bond motifs is 1. The van der Waals surface area contributed by atoms with Gasteiger partial charge >= 0.3 is 0 Å². The van der Waals surface area contributed by atoms with Gasteiger partial charge in [-0.15, -0.1) is 11.3 Å². The van der Waals surface area contributed by atoms with Gasteiger partial charge in [0.15, 0.2) is 0 Å². The number of hydrogen-bond donors (Lipinski definition) is 1. The minimum absolute atomic E-state index is 0.220. The number of sulfonamides is 1. The van der Waals surface area contributed by atoms with Gasteiger partial charge in [-0.05, 0) is 59.5 Å². The van der Waals surface area contributed by atoms with Gasteiger partial charge in [-0.3, -0.25) is 9.10 Å². The Balaban J connectivity index is 1.43. The predicted octanol–water partition coefficient (Wildman–Crippen LogP) is 5.13. The summed E-state index contributed by atoms with van der Waals surface area (Å²) in [6, 6.07) is 24.2. The van der Waals surface area contributed by atoms with Crippen molar-refractivity contribution in [3.8, 4) is 5.75 Å². The number of ether oxygens (including phenoxy) is 1. The summed E-state index contributed by atoms with van der Waals surface area (Å²) in [5, 5.41) is 3.71. The fourth-order valence-electron chi connectivity index (χ4n) is 3.10. The fraction of sp³-hybridized carbons (Fsp3) is 0.125. The van der Waals surface area contributed by atoms with Crippen LogP contribution in [0.15, 0.2) is 78.9 Å². The lowest BCUT2D eigenvalue weighted by molar-refractivity contribution is 0.103. The summed E-state index contributed by atoms with van der Waals surface area (Å²) in [7, 11) is -1.85. The quantitative estimate of drug-likeness (QED) is 0.410. The number of benzene rings is 3. The van der Waals surface area contributed by atoms with Gasteiger partial charge in [0.05, 0.1) is 16.8 Å². The van der Waals surface area contributed by atoms with E-state index in [0.717, 1.165) is 27.7 Å². The number of carbonyl (C=O) groups excluding carboxylic acids is 1. The first-order valence-electron chi connectivity index (χ1n) is 9.85. The maximum atomic E-state index is 12.7. The van der Waals surface area contributed by atoms with Crippen molar-refractivity contribution in [3.63, 3.8) is 0 Å². The summed E-state index contributed by atoms with van der Waals surface area (Å²) in [5.41, 5.74) is 2.30. The van der Waals surface area contributed by atoms with E-state index in [0.29, 0.717) is 22.9 Å². The highest BCUT2D eigenvalue weighted by molar-refractivity contribution is 7.92. The lowest BCUT2D eigenvalue weighted by Crippen LogP contribution is -2.24. The SMILES string of the molecule is CN(c1ccc2sc(C(=O)Nc3ccc(OCc4ccccc4)cc3)cc2c1)S(C)(=O)=O. The van der Waals surface area contributed by atoms with Crippen molar-refractivity contribution >= 4 is 48.7 Å². The van der Waals surface area contributed by atoms with Gasteiger partial charge in [0, 0.05) is 17.4 Å². The molecule has 0 atom stereocenters. The fourth-order valence-corrected chi connectivity index (χ4v) is 4.53. The Morgan fingerprint density at radius 3 is 2.41 bits per heavy atom. The zero-order valence-corrected chi connectivity index (χ0v) is 19.2. The Kier molecular flexibility index (Phi) is 6.16. The largest absolute Gasteiger partial charge is 0.489 e. The van der Waals surface area contributed by atoms with Crippen LogP contribution < -0.4 is 14.4 Å². The minimum Gasteiger partial charge on any atom is -0.489 e. The third kappa shape index (κ3) is 5.09. The van der Waals surface area contributed by atoms with Crippen LogP contribution in [0, 0.1) is 0 Å². The number of thiophene rings is 1. The van der Waals surface area contributed by atoms with Crippen LogP contribution in [-0.4, -0.2) is 27.6 Å². The molecule has 32 heavy (non-hydrogen) atoms. The molecule has 0 fully saturated rings. The molecule has 164 valence electrons. The molecule has 0 spiro atoms. The maximum absolute atomic E-state index is 12.7. The molecular weight excluding hydrogens is 444 g/mol. The third-order valence-corrected chi connectivity index (χ3v) is 7.27. The molecule has 0 aliphatic carbocycles. The Labute approximate surface area is 191 Å². The van der Waals surface area contributed by atoms with Gasteiger partial charge in [-0.25, -0.2) is 8.42 Å². The number of hydrogen-bond acceptors (Lipinski definition) is 5. The van der Waals surface area contributed by atoms with E-state index in [4.69, 9.17) is 4.74 Å². The summed E-state index contributed by atoms with van der Waals surface area (Å²) in [6.07, 6.45) is 1.15. The first kappa shape index (κ1) is 21.9. The number of anilines is 2. The molecule has 6 nitrogen and oxygen atoms in total. The topological polar surface area (TPSA) is 75.7 Å². The van der Waals surface area contributed by atoms with E-state index in [-0.39, 0.29) is 5.91 Å². The normalized spacial score (nSPS) is 11.3. The van der Waals surface area contributed by atoms with E-state index in [9.17, 15) is 13.2 Å². The van der Waals surface area contributed by atoms with Crippen molar-refractivity contribution in [2.24, 2.45) is 0 Å². The monoisotopic (exact) mass is 466 g/mol. The van der Waals surface area contributed by atoms with Crippen molar-refractivity contribution in [2.75, 3.05) is 22.9 Å². The Hall–Kier alpha value is -3.36. The van der Waals surface area contributed by atoms with E-state index in [2.05, 4.69) is 5.32 Å². The maximum Gasteiger partial charge on any atom is 0.265 e. The zero-order valence-electron chi connectivity index (χ0n) is 17.6. The molecule has 4 aromatic rings. The number of nitrogens with zero attached hydrogens (tertiary/aromatic N) is 1. The lowest BCUT2D eigenvalue weighted by Gasteiger charge is -2.16. The molecule has 0 saturated carbocycles. The zero-order chi connectivity index (χ0) is 22.7. The average molecular weight is 467 g/mol. The molecule has 1 N–H and O–H groups in total. The van der Waals surface area contributed by atoms with Gasteiger partial charge in [-0.1, -0.05) is 30.3 Å². The van der Waals surface area contributed by atoms with Crippen molar-refractivity contribution < 1.29 is 17.9 Å². The van der Waals surface area contributed by atoms with Crippen LogP contribution in [0.5, 0.6) is 5.75 Å². The van der Waals surface area contributed by atoms with Crippen LogP contribution >= 0.6 is 11.3 Å². The Bertz CT molecular complexity index is 1350. The molecule has 0 aliphatic heterocycles. The van der Waals surface area contributed by atoms with Crippen molar-refractivity contribution in [3.05, 3.63) is 89.3 Å². The molecule has 0 unspecified atom stereocenters. The van der Waals surface area contributed by atoms with Crippen LogP contribution in [0.1, 0.15) is 15.2 Å². The molecule has 8 heteroatoms. The van der Waals surface area contributed by atoms with E-state index in [1.54, 1.807) is 30.3 Å². The van der Waals surface area contributed by atoms with Gasteiger partial charge in [-0.2, -0.15) is 0 Å². The highest BCUT2D eigenvalue weighted by Gasteiger charge is 2.15. The smallest absolute Gasteiger partial charge is 0.265 e. The van der Waals surface area contributed by atoms with Gasteiger partial charge in [0.2, 0.25) is 10.0 Å².